The van der Waals surface area contributed by atoms with Gasteiger partial charge in [0.05, 0.1) is 10.7 Å². The number of halogens is 1. The van der Waals surface area contributed by atoms with Gasteiger partial charge in [0.15, 0.2) is 0 Å². The molecule has 1 heterocycles. The van der Waals surface area contributed by atoms with E-state index in [0.29, 0.717) is 19.4 Å². The molecule has 0 bridgehead atoms. The number of nitrogens with zero attached hydrogens (tertiary/aromatic N) is 1. The molecule has 1 aromatic heterocycles. The van der Waals surface area contributed by atoms with Gasteiger partial charge in [0.25, 0.3) is 0 Å². The standard InChI is InChI=1S/C21H21FN2OS/c1-15-24-20(14-26-15)18-8-5-16(6-9-18)11-12-23-21(25)10-7-17-3-2-4-19(22)13-17/h2-6,8-9,13-14H,7,10-12H2,1H3,(H,23,25). The van der Waals surface area contributed by atoms with Crippen molar-refractivity contribution in [3.63, 3.8) is 0 Å². The molecule has 0 atom stereocenters. The van der Waals surface area contributed by atoms with E-state index in [2.05, 4.69) is 39.9 Å². The highest BCUT2D eigenvalue weighted by Crippen LogP contribution is 2.21. The summed E-state index contributed by atoms with van der Waals surface area (Å²) in [4.78, 5) is 16.4. The van der Waals surface area contributed by atoms with Crippen molar-refractivity contribution in [3.05, 3.63) is 75.9 Å². The second-order valence-electron chi connectivity index (χ2n) is 6.18. The van der Waals surface area contributed by atoms with Crippen molar-refractivity contribution in [2.24, 2.45) is 0 Å². The number of amides is 1. The van der Waals surface area contributed by atoms with Gasteiger partial charge in [-0.2, -0.15) is 0 Å². The van der Waals surface area contributed by atoms with Crippen LogP contribution in [0.2, 0.25) is 0 Å². The maximum Gasteiger partial charge on any atom is 0.220 e. The molecule has 1 N–H and O–H groups in total. The van der Waals surface area contributed by atoms with Gasteiger partial charge >= 0.3 is 0 Å². The second-order valence-corrected chi connectivity index (χ2v) is 7.24. The van der Waals surface area contributed by atoms with Gasteiger partial charge < -0.3 is 5.32 Å². The number of benzene rings is 2. The largest absolute Gasteiger partial charge is 0.356 e. The average Bonchev–Trinajstić information content (AvgIpc) is 3.07. The Bertz CT molecular complexity index is 874. The third kappa shape index (κ3) is 5.23. The van der Waals surface area contributed by atoms with Gasteiger partial charge in [-0.25, -0.2) is 9.37 Å². The molecule has 3 rings (SSSR count). The van der Waals surface area contributed by atoms with E-state index in [9.17, 15) is 9.18 Å². The number of aromatic nitrogens is 1. The summed E-state index contributed by atoms with van der Waals surface area (Å²) in [5, 5.41) is 6.04. The molecule has 0 saturated heterocycles. The third-order valence-corrected chi connectivity index (χ3v) is 4.91. The third-order valence-electron chi connectivity index (χ3n) is 4.13. The zero-order chi connectivity index (χ0) is 18.4. The number of nitrogens with one attached hydrogen (secondary N) is 1. The highest BCUT2D eigenvalue weighted by molar-refractivity contribution is 7.09. The van der Waals surface area contributed by atoms with Crippen LogP contribution in [0.15, 0.2) is 53.9 Å². The molecular formula is C21H21FN2OS. The lowest BCUT2D eigenvalue weighted by Gasteiger charge is -2.06. The first-order valence-electron chi connectivity index (χ1n) is 8.63. The number of hydrogen-bond donors (Lipinski definition) is 1. The summed E-state index contributed by atoms with van der Waals surface area (Å²) in [6.45, 7) is 2.59. The van der Waals surface area contributed by atoms with Gasteiger partial charge in [-0.1, -0.05) is 36.4 Å². The van der Waals surface area contributed by atoms with Crippen LogP contribution in [-0.2, 0) is 17.6 Å². The van der Waals surface area contributed by atoms with E-state index in [-0.39, 0.29) is 11.7 Å². The van der Waals surface area contributed by atoms with Crippen molar-refractivity contribution in [1.82, 2.24) is 10.3 Å². The molecule has 0 unspecified atom stereocenters. The van der Waals surface area contributed by atoms with Gasteiger partial charge in [-0.3, -0.25) is 4.79 Å². The zero-order valence-electron chi connectivity index (χ0n) is 14.7. The van der Waals surface area contributed by atoms with E-state index < -0.39 is 0 Å². The minimum atomic E-state index is -0.265. The summed E-state index contributed by atoms with van der Waals surface area (Å²) in [5.41, 5.74) is 4.13. The molecule has 0 aliphatic rings. The first-order valence-corrected chi connectivity index (χ1v) is 9.51. The molecule has 5 heteroatoms. The molecule has 3 aromatic rings. The summed E-state index contributed by atoms with van der Waals surface area (Å²) in [7, 11) is 0. The monoisotopic (exact) mass is 368 g/mol. The lowest BCUT2D eigenvalue weighted by Crippen LogP contribution is -2.25. The van der Waals surface area contributed by atoms with Crippen LogP contribution in [0, 0.1) is 12.7 Å². The summed E-state index contributed by atoms with van der Waals surface area (Å²) in [5.74, 6) is -0.275. The molecule has 0 radical (unpaired) electrons. The van der Waals surface area contributed by atoms with E-state index >= 15 is 0 Å². The summed E-state index contributed by atoms with van der Waals surface area (Å²) >= 11 is 1.64. The number of rotatable bonds is 7. The van der Waals surface area contributed by atoms with E-state index in [0.717, 1.165) is 28.2 Å². The first-order chi connectivity index (χ1) is 12.6. The van der Waals surface area contributed by atoms with Gasteiger partial charge in [-0.15, -0.1) is 11.3 Å². The molecule has 26 heavy (non-hydrogen) atoms. The minimum Gasteiger partial charge on any atom is -0.356 e. The van der Waals surface area contributed by atoms with Crippen molar-refractivity contribution in [2.45, 2.75) is 26.2 Å². The van der Waals surface area contributed by atoms with Crippen LogP contribution in [0.1, 0.15) is 22.6 Å². The SMILES string of the molecule is Cc1nc(-c2ccc(CCNC(=O)CCc3cccc(F)c3)cc2)cs1. The molecule has 0 aliphatic carbocycles. The zero-order valence-corrected chi connectivity index (χ0v) is 15.5. The van der Waals surface area contributed by atoms with Gasteiger partial charge in [0.2, 0.25) is 5.91 Å². The van der Waals surface area contributed by atoms with Crippen LogP contribution >= 0.6 is 11.3 Å². The summed E-state index contributed by atoms with van der Waals surface area (Å²) < 4.78 is 13.1. The normalized spacial score (nSPS) is 10.7. The molecule has 0 saturated carbocycles. The van der Waals surface area contributed by atoms with Crippen LogP contribution in [0.25, 0.3) is 11.3 Å². The van der Waals surface area contributed by atoms with E-state index in [1.807, 2.05) is 13.0 Å². The molecule has 2 aromatic carbocycles. The fourth-order valence-corrected chi connectivity index (χ4v) is 3.35. The number of aryl methyl sites for hydroxylation is 2. The van der Waals surface area contributed by atoms with Crippen LogP contribution in [0.4, 0.5) is 4.39 Å². The van der Waals surface area contributed by atoms with Crippen LogP contribution in [-0.4, -0.2) is 17.4 Å². The fourth-order valence-electron chi connectivity index (χ4n) is 2.72. The first kappa shape index (κ1) is 18.3. The molecule has 1 amide bonds. The lowest BCUT2D eigenvalue weighted by molar-refractivity contribution is -0.121. The average molecular weight is 368 g/mol. The van der Waals surface area contributed by atoms with Crippen molar-refractivity contribution < 1.29 is 9.18 Å². The van der Waals surface area contributed by atoms with Crippen molar-refractivity contribution in [3.8, 4) is 11.3 Å². The Balaban J connectivity index is 1.42. The van der Waals surface area contributed by atoms with Crippen molar-refractivity contribution in [1.29, 1.82) is 0 Å². The van der Waals surface area contributed by atoms with Crippen LogP contribution < -0.4 is 5.32 Å². The van der Waals surface area contributed by atoms with E-state index in [1.54, 1.807) is 17.4 Å². The Labute approximate surface area is 156 Å². The van der Waals surface area contributed by atoms with Gasteiger partial charge in [0.1, 0.15) is 5.82 Å². The van der Waals surface area contributed by atoms with Crippen LogP contribution in [0.5, 0.6) is 0 Å². The molecular weight excluding hydrogens is 347 g/mol. The Morgan fingerprint density at radius 1 is 1.12 bits per heavy atom. The smallest absolute Gasteiger partial charge is 0.220 e. The predicted molar refractivity (Wildman–Crippen MR) is 104 cm³/mol. The van der Waals surface area contributed by atoms with E-state index in [4.69, 9.17) is 0 Å². The molecule has 3 nitrogen and oxygen atoms in total. The number of carbonyl (C=O) groups is 1. The second kappa shape index (κ2) is 8.72. The number of carbonyl (C=O) groups excluding carboxylic acids is 1. The van der Waals surface area contributed by atoms with Crippen molar-refractivity contribution >= 4 is 17.2 Å². The topological polar surface area (TPSA) is 42.0 Å². The Morgan fingerprint density at radius 3 is 2.62 bits per heavy atom. The maximum atomic E-state index is 13.1. The summed E-state index contributed by atoms with van der Waals surface area (Å²) in [6.07, 6.45) is 1.69. The molecule has 134 valence electrons. The minimum absolute atomic E-state index is 0.0103. The molecule has 0 fully saturated rings. The van der Waals surface area contributed by atoms with Crippen molar-refractivity contribution in [2.75, 3.05) is 6.54 Å². The Morgan fingerprint density at radius 2 is 1.92 bits per heavy atom. The lowest BCUT2D eigenvalue weighted by atomic mass is 10.1. The Hall–Kier alpha value is -2.53. The number of hydrogen-bond acceptors (Lipinski definition) is 3. The quantitative estimate of drug-likeness (QED) is 0.665. The van der Waals surface area contributed by atoms with Gasteiger partial charge in [-0.05, 0) is 43.0 Å². The van der Waals surface area contributed by atoms with Gasteiger partial charge in [0, 0.05) is 23.9 Å². The highest BCUT2D eigenvalue weighted by Gasteiger charge is 2.04. The maximum absolute atomic E-state index is 13.1. The molecule has 0 spiro atoms. The summed E-state index contributed by atoms with van der Waals surface area (Å²) in [6, 6.07) is 14.7. The molecule has 0 aliphatic heterocycles. The predicted octanol–water partition coefficient (Wildman–Crippen LogP) is 4.55. The van der Waals surface area contributed by atoms with Crippen LogP contribution in [0.3, 0.4) is 0 Å². The fraction of sp³-hybridized carbons (Fsp3) is 0.238. The van der Waals surface area contributed by atoms with E-state index in [1.165, 1.54) is 17.7 Å². The number of thiazole rings is 1. The highest BCUT2D eigenvalue weighted by atomic mass is 32.1. The Kier molecular flexibility index (Phi) is 6.12.